The van der Waals surface area contributed by atoms with Crippen molar-refractivity contribution in [1.29, 1.82) is 0 Å². The van der Waals surface area contributed by atoms with Crippen LogP contribution in [0.5, 0.6) is 0 Å². The minimum absolute atomic E-state index is 0.0550. The van der Waals surface area contributed by atoms with Gasteiger partial charge < -0.3 is 4.90 Å². The molecule has 0 amide bonds. The molecule has 1 aliphatic heterocycles. The van der Waals surface area contributed by atoms with Gasteiger partial charge in [0.05, 0.1) is 0 Å². The Hall–Kier alpha value is -1.31. The number of ketones is 1. The molecule has 0 unspecified atom stereocenters. The molecule has 2 nitrogen and oxygen atoms in total. The zero-order valence-corrected chi connectivity index (χ0v) is 11.0. The average molecular weight is 231 g/mol. The molecule has 2 rings (SSSR count). The normalized spacial score (nSPS) is 19.5. The zero-order chi connectivity index (χ0) is 12.5. The molecule has 0 aliphatic carbocycles. The first kappa shape index (κ1) is 12.2. The fourth-order valence-corrected chi connectivity index (χ4v) is 2.73. The first-order valence-electron chi connectivity index (χ1n) is 6.42. The number of para-hydroxylation sites is 1. The van der Waals surface area contributed by atoms with Crippen LogP contribution >= 0.6 is 0 Å². The molecule has 1 saturated heterocycles. The van der Waals surface area contributed by atoms with Gasteiger partial charge in [-0.05, 0) is 31.9 Å². The maximum Gasteiger partial charge on any atom is 0.136 e. The Bertz CT molecular complexity index is 423. The van der Waals surface area contributed by atoms with Crippen molar-refractivity contribution < 1.29 is 4.79 Å². The van der Waals surface area contributed by atoms with E-state index >= 15 is 0 Å². The second kappa shape index (κ2) is 4.52. The van der Waals surface area contributed by atoms with Crippen molar-refractivity contribution >= 4 is 11.5 Å². The number of hydrogen-bond donors (Lipinski definition) is 0. The van der Waals surface area contributed by atoms with Gasteiger partial charge in [0.15, 0.2) is 0 Å². The van der Waals surface area contributed by atoms with Crippen LogP contribution in [0.4, 0.5) is 5.69 Å². The molecule has 92 valence electrons. The lowest BCUT2D eigenvalue weighted by molar-refractivity contribution is -0.121. The van der Waals surface area contributed by atoms with Crippen molar-refractivity contribution in [1.82, 2.24) is 0 Å². The minimum atomic E-state index is -0.0550. The van der Waals surface area contributed by atoms with Crippen LogP contribution in [0.2, 0.25) is 0 Å². The summed E-state index contributed by atoms with van der Waals surface area (Å²) in [4.78, 5) is 14.0. The summed E-state index contributed by atoms with van der Waals surface area (Å²) in [5.74, 6) is 0.389. The van der Waals surface area contributed by atoms with Crippen LogP contribution in [0, 0.1) is 0 Å². The van der Waals surface area contributed by atoms with E-state index in [1.54, 1.807) is 0 Å². The second-order valence-corrected chi connectivity index (χ2v) is 5.41. The fourth-order valence-electron chi connectivity index (χ4n) is 2.73. The van der Waals surface area contributed by atoms with Crippen LogP contribution in [-0.4, -0.2) is 17.9 Å². The summed E-state index contributed by atoms with van der Waals surface area (Å²) in [6, 6.07) is 8.53. The van der Waals surface area contributed by atoms with Crippen molar-refractivity contribution in [3.8, 4) is 0 Å². The first-order chi connectivity index (χ1) is 8.04. The second-order valence-electron chi connectivity index (χ2n) is 5.41. The zero-order valence-electron chi connectivity index (χ0n) is 11.0. The molecule has 0 bridgehead atoms. The van der Waals surface area contributed by atoms with E-state index in [1.807, 2.05) is 0 Å². The monoisotopic (exact) mass is 231 g/mol. The van der Waals surface area contributed by atoms with Crippen molar-refractivity contribution in [2.24, 2.45) is 0 Å². The molecule has 17 heavy (non-hydrogen) atoms. The van der Waals surface area contributed by atoms with Gasteiger partial charge in [-0.1, -0.05) is 25.1 Å². The molecular formula is C15H21NO. The van der Waals surface area contributed by atoms with E-state index in [1.165, 1.54) is 11.3 Å². The highest BCUT2D eigenvalue weighted by Crippen LogP contribution is 2.33. The number of Topliss-reactive ketones (excluding diaryl/α,β-unsaturated/α-hetero) is 1. The molecule has 0 atom stereocenters. The summed E-state index contributed by atoms with van der Waals surface area (Å²) in [5.41, 5.74) is 2.61. The third-order valence-electron chi connectivity index (χ3n) is 3.64. The molecular weight excluding hydrogens is 210 g/mol. The Morgan fingerprint density at radius 1 is 1.29 bits per heavy atom. The lowest BCUT2D eigenvalue weighted by atomic mass is 9.88. The molecule has 0 aromatic heterocycles. The van der Waals surface area contributed by atoms with Gasteiger partial charge in [-0.15, -0.1) is 0 Å². The molecule has 2 heteroatoms. The highest BCUT2D eigenvalue weighted by atomic mass is 16.1. The highest BCUT2D eigenvalue weighted by molar-refractivity contribution is 5.82. The summed E-state index contributed by atoms with van der Waals surface area (Å²) >= 11 is 0. The third-order valence-corrected chi connectivity index (χ3v) is 3.64. The van der Waals surface area contributed by atoms with E-state index in [2.05, 4.69) is 49.9 Å². The molecule has 0 radical (unpaired) electrons. The predicted molar refractivity (Wildman–Crippen MR) is 71.5 cm³/mol. The number of anilines is 1. The molecule has 1 aromatic rings. The number of benzene rings is 1. The minimum Gasteiger partial charge on any atom is -0.365 e. The van der Waals surface area contributed by atoms with E-state index in [4.69, 9.17) is 0 Å². The maximum absolute atomic E-state index is 11.6. The van der Waals surface area contributed by atoms with Crippen LogP contribution < -0.4 is 4.90 Å². The number of piperidine rings is 1. The summed E-state index contributed by atoms with van der Waals surface area (Å²) in [6.07, 6.45) is 2.38. The predicted octanol–water partition coefficient (Wildman–Crippen LogP) is 3.20. The van der Waals surface area contributed by atoms with Gasteiger partial charge >= 0.3 is 0 Å². The van der Waals surface area contributed by atoms with Gasteiger partial charge in [0.1, 0.15) is 5.78 Å². The first-order valence-corrected chi connectivity index (χ1v) is 6.42. The molecule has 1 aliphatic rings. The largest absolute Gasteiger partial charge is 0.365 e. The Morgan fingerprint density at radius 2 is 2.00 bits per heavy atom. The molecule has 0 spiro atoms. The standard InChI is InChI=1S/C15H21NO/c1-4-12-7-5-6-8-14(12)16-10-9-13(17)11-15(16,2)3/h5-8H,4,9-11H2,1-3H3. The van der Waals surface area contributed by atoms with Gasteiger partial charge in [0.25, 0.3) is 0 Å². The van der Waals surface area contributed by atoms with Gasteiger partial charge in [-0.3, -0.25) is 4.79 Å². The quantitative estimate of drug-likeness (QED) is 0.779. The summed E-state index contributed by atoms with van der Waals surface area (Å²) in [6.45, 7) is 7.36. The number of nitrogens with zero attached hydrogens (tertiary/aromatic N) is 1. The van der Waals surface area contributed by atoms with Gasteiger partial charge in [-0.2, -0.15) is 0 Å². The number of aryl methyl sites for hydroxylation is 1. The van der Waals surface area contributed by atoms with E-state index in [0.717, 1.165) is 13.0 Å². The van der Waals surface area contributed by atoms with Crippen LogP contribution in [0.1, 0.15) is 39.2 Å². The summed E-state index contributed by atoms with van der Waals surface area (Å²) in [5, 5.41) is 0. The topological polar surface area (TPSA) is 20.3 Å². The van der Waals surface area contributed by atoms with E-state index in [-0.39, 0.29) is 5.54 Å². The number of rotatable bonds is 2. The van der Waals surface area contributed by atoms with Crippen molar-refractivity contribution in [2.45, 2.75) is 45.6 Å². The van der Waals surface area contributed by atoms with Crippen molar-refractivity contribution in [3.63, 3.8) is 0 Å². The Labute approximate surface area is 104 Å². The number of hydrogen-bond acceptors (Lipinski definition) is 2. The molecule has 1 heterocycles. The molecule has 1 aromatic carbocycles. The van der Waals surface area contributed by atoms with E-state index < -0.39 is 0 Å². The van der Waals surface area contributed by atoms with Crippen LogP contribution in [0.15, 0.2) is 24.3 Å². The van der Waals surface area contributed by atoms with Gasteiger partial charge in [0.2, 0.25) is 0 Å². The third kappa shape index (κ3) is 2.36. The Morgan fingerprint density at radius 3 is 2.65 bits per heavy atom. The van der Waals surface area contributed by atoms with E-state index in [0.29, 0.717) is 18.6 Å². The average Bonchev–Trinajstić information content (AvgIpc) is 2.28. The van der Waals surface area contributed by atoms with Gasteiger partial charge in [-0.25, -0.2) is 0 Å². The van der Waals surface area contributed by atoms with Gasteiger partial charge in [0, 0.05) is 30.6 Å². The Balaban J connectivity index is 2.35. The van der Waals surface area contributed by atoms with Crippen molar-refractivity contribution in [3.05, 3.63) is 29.8 Å². The highest BCUT2D eigenvalue weighted by Gasteiger charge is 2.34. The lowest BCUT2D eigenvalue weighted by Gasteiger charge is -2.44. The molecule has 0 N–H and O–H groups in total. The van der Waals surface area contributed by atoms with Crippen LogP contribution in [0.3, 0.4) is 0 Å². The number of carbonyl (C=O) groups excluding carboxylic acids is 1. The smallest absolute Gasteiger partial charge is 0.136 e. The lowest BCUT2D eigenvalue weighted by Crippen LogP contribution is -2.50. The Kier molecular flexibility index (Phi) is 3.23. The van der Waals surface area contributed by atoms with Crippen LogP contribution in [0.25, 0.3) is 0 Å². The number of carbonyl (C=O) groups is 1. The SMILES string of the molecule is CCc1ccccc1N1CCC(=O)CC1(C)C. The summed E-state index contributed by atoms with van der Waals surface area (Å²) < 4.78 is 0. The molecule has 0 saturated carbocycles. The maximum atomic E-state index is 11.6. The molecule has 1 fully saturated rings. The van der Waals surface area contributed by atoms with Crippen LogP contribution in [-0.2, 0) is 11.2 Å². The van der Waals surface area contributed by atoms with Crippen molar-refractivity contribution in [2.75, 3.05) is 11.4 Å². The summed E-state index contributed by atoms with van der Waals surface area (Å²) in [7, 11) is 0. The fraction of sp³-hybridized carbons (Fsp3) is 0.533. The van der Waals surface area contributed by atoms with E-state index in [9.17, 15) is 4.79 Å².